The van der Waals surface area contributed by atoms with Crippen LogP contribution < -0.4 is 5.32 Å². The number of rotatable bonds is 42. The molecule has 0 aromatic rings. The van der Waals surface area contributed by atoms with Crippen molar-refractivity contribution >= 4 is 5.91 Å². The van der Waals surface area contributed by atoms with E-state index < -0.39 is 18.2 Å². The van der Waals surface area contributed by atoms with E-state index in [1.54, 1.807) is 6.08 Å². The van der Waals surface area contributed by atoms with Crippen LogP contribution >= 0.6 is 0 Å². The Labute approximate surface area is 324 Å². The van der Waals surface area contributed by atoms with E-state index in [1.807, 2.05) is 6.08 Å². The van der Waals surface area contributed by atoms with Gasteiger partial charge < -0.3 is 20.6 Å². The SMILES string of the molecule is CCCCCCCCCCCCC/C=C/CC/C=C/C(O)C(CO)NC(=O)CC(O)CCCCCCCCCCCCCCCCCCCCCC. The van der Waals surface area contributed by atoms with Crippen LogP contribution in [0.15, 0.2) is 24.3 Å². The molecule has 0 rings (SSSR count). The van der Waals surface area contributed by atoms with E-state index in [-0.39, 0.29) is 18.9 Å². The zero-order valence-corrected chi connectivity index (χ0v) is 35.0. The molecule has 0 aromatic heterocycles. The molecule has 5 heteroatoms. The minimum Gasteiger partial charge on any atom is -0.394 e. The number of unbranched alkanes of at least 4 members (excludes halogenated alkanes) is 31. The molecule has 308 valence electrons. The summed E-state index contributed by atoms with van der Waals surface area (Å²) in [7, 11) is 0. The maximum Gasteiger partial charge on any atom is 0.222 e. The molecular formula is C47H91NO4. The lowest BCUT2D eigenvalue weighted by atomic mass is 10.0. The molecule has 0 fully saturated rings. The van der Waals surface area contributed by atoms with Crippen molar-refractivity contribution in [2.45, 2.75) is 263 Å². The number of nitrogens with one attached hydrogen (secondary N) is 1. The van der Waals surface area contributed by atoms with Crippen LogP contribution in [0.1, 0.15) is 245 Å². The van der Waals surface area contributed by atoms with E-state index in [9.17, 15) is 20.1 Å². The molecule has 0 aromatic carbocycles. The van der Waals surface area contributed by atoms with Gasteiger partial charge in [0.1, 0.15) is 0 Å². The third-order valence-electron chi connectivity index (χ3n) is 10.7. The third-order valence-corrected chi connectivity index (χ3v) is 10.7. The number of carbonyl (C=O) groups is 1. The van der Waals surface area contributed by atoms with Crippen LogP contribution in [0, 0.1) is 0 Å². The Morgan fingerprint density at radius 1 is 0.481 bits per heavy atom. The Morgan fingerprint density at radius 2 is 0.827 bits per heavy atom. The first kappa shape index (κ1) is 50.8. The molecule has 0 saturated heterocycles. The van der Waals surface area contributed by atoms with Gasteiger partial charge in [0, 0.05) is 0 Å². The van der Waals surface area contributed by atoms with Gasteiger partial charge in [0.05, 0.1) is 31.3 Å². The number of amides is 1. The first-order chi connectivity index (χ1) is 25.5. The van der Waals surface area contributed by atoms with Gasteiger partial charge in [-0.3, -0.25) is 4.79 Å². The van der Waals surface area contributed by atoms with Crippen molar-refractivity contribution in [1.29, 1.82) is 0 Å². The van der Waals surface area contributed by atoms with Crippen LogP contribution in [0.2, 0.25) is 0 Å². The molecule has 4 N–H and O–H groups in total. The summed E-state index contributed by atoms with van der Waals surface area (Å²) in [5.74, 6) is -0.322. The van der Waals surface area contributed by atoms with E-state index >= 15 is 0 Å². The van der Waals surface area contributed by atoms with Crippen molar-refractivity contribution in [3.63, 3.8) is 0 Å². The van der Waals surface area contributed by atoms with Crippen LogP contribution in [0.5, 0.6) is 0 Å². The van der Waals surface area contributed by atoms with Gasteiger partial charge in [0.2, 0.25) is 5.91 Å². The van der Waals surface area contributed by atoms with Crippen LogP contribution in [-0.4, -0.2) is 46.1 Å². The second-order valence-corrected chi connectivity index (χ2v) is 16.0. The summed E-state index contributed by atoms with van der Waals surface area (Å²) in [5.41, 5.74) is 0. The Kier molecular flexibility index (Phi) is 41.6. The Balaban J connectivity index is 3.65. The lowest BCUT2D eigenvalue weighted by molar-refractivity contribution is -0.124. The van der Waals surface area contributed by atoms with Crippen molar-refractivity contribution in [3.8, 4) is 0 Å². The molecule has 1 amide bonds. The Bertz CT molecular complexity index is 768. The quantitative estimate of drug-likeness (QED) is 0.0371. The smallest absolute Gasteiger partial charge is 0.222 e. The van der Waals surface area contributed by atoms with Gasteiger partial charge in [-0.2, -0.15) is 0 Å². The van der Waals surface area contributed by atoms with Gasteiger partial charge in [-0.05, 0) is 32.1 Å². The normalized spacial score (nSPS) is 13.7. The third kappa shape index (κ3) is 38.6. The summed E-state index contributed by atoms with van der Waals surface area (Å²) in [5, 5.41) is 33.2. The van der Waals surface area contributed by atoms with Gasteiger partial charge >= 0.3 is 0 Å². The number of hydrogen-bond acceptors (Lipinski definition) is 4. The molecule has 0 saturated carbocycles. The van der Waals surface area contributed by atoms with E-state index in [0.717, 1.165) is 32.1 Å². The van der Waals surface area contributed by atoms with Gasteiger partial charge in [-0.25, -0.2) is 0 Å². The van der Waals surface area contributed by atoms with Crippen LogP contribution in [0.3, 0.4) is 0 Å². The summed E-state index contributed by atoms with van der Waals surface area (Å²) < 4.78 is 0. The van der Waals surface area contributed by atoms with Crippen molar-refractivity contribution < 1.29 is 20.1 Å². The lowest BCUT2D eigenvalue weighted by Crippen LogP contribution is -2.45. The highest BCUT2D eigenvalue weighted by Gasteiger charge is 2.20. The molecule has 0 radical (unpaired) electrons. The highest BCUT2D eigenvalue weighted by molar-refractivity contribution is 5.76. The summed E-state index contributed by atoms with van der Waals surface area (Å²) in [6.45, 7) is 4.22. The number of hydrogen-bond donors (Lipinski definition) is 4. The molecule has 0 aliphatic carbocycles. The Hall–Kier alpha value is -1.17. The van der Waals surface area contributed by atoms with Crippen LogP contribution in [0.4, 0.5) is 0 Å². The highest BCUT2D eigenvalue weighted by atomic mass is 16.3. The lowest BCUT2D eigenvalue weighted by Gasteiger charge is -2.21. The van der Waals surface area contributed by atoms with Gasteiger partial charge in [0.15, 0.2) is 0 Å². The van der Waals surface area contributed by atoms with Crippen LogP contribution in [0.25, 0.3) is 0 Å². The number of aliphatic hydroxyl groups excluding tert-OH is 3. The standard InChI is InChI=1S/C47H91NO4/c1-3-5-7-9-11-13-15-17-19-21-22-23-25-26-28-30-32-34-36-38-40-44(50)42-47(52)48-45(43-49)46(51)41-39-37-35-33-31-29-27-24-20-18-16-14-12-10-8-6-4-2/h31,33,39,41,44-46,49-51H,3-30,32,34-38,40,42-43H2,1-2H3,(H,48,52)/b33-31+,41-39+. The predicted octanol–water partition coefficient (Wildman–Crippen LogP) is 13.4. The van der Waals surface area contributed by atoms with E-state index in [4.69, 9.17) is 0 Å². The number of allylic oxidation sites excluding steroid dienone is 3. The first-order valence-electron chi connectivity index (χ1n) is 23.1. The molecule has 0 spiro atoms. The summed E-state index contributed by atoms with van der Waals surface area (Å²) in [4.78, 5) is 12.4. The average molecular weight is 734 g/mol. The van der Waals surface area contributed by atoms with Gasteiger partial charge in [-0.15, -0.1) is 0 Å². The van der Waals surface area contributed by atoms with Crippen molar-refractivity contribution in [1.82, 2.24) is 5.32 Å². The molecule has 52 heavy (non-hydrogen) atoms. The average Bonchev–Trinajstić information content (AvgIpc) is 3.14. The molecule has 0 bridgehead atoms. The molecule has 3 unspecified atom stereocenters. The first-order valence-corrected chi connectivity index (χ1v) is 23.1. The zero-order valence-electron chi connectivity index (χ0n) is 35.0. The second kappa shape index (κ2) is 42.6. The van der Waals surface area contributed by atoms with E-state index in [0.29, 0.717) is 6.42 Å². The molecule has 3 atom stereocenters. The summed E-state index contributed by atoms with van der Waals surface area (Å²) in [6.07, 6.45) is 51.8. The topological polar surface area (TPSA) is 89.8 Å². The second-order valence-electron chi connectivity index (χ2n) is 16.0. The monoisotopic (exact) mass is 734 g/mol. The fourth-order valence-electron chi connectivity index (χ4n) is 7.18. The maximum atomic E-state index is 12.4. The molecule has 5 nitrogen and oxygen atoms in total. The van der Waals surface area contributed by atoms with Gasteiger partial charge in [-0.1, -0.05) is 231 Å². The summed E-state index contributed by atoms with van der Waals surface area (Å²) >= 11 is 0. The van der Waals surface area contributed by atoms with Crippen molar-refractivity contribution in [2.75, 3.05) is 6.61 Å². The molecule has 0 aliphatic rings. The molecular weight excluding hydrogens is 643 g/mol. The molecule has 0 aliphatic heterocycles. The number of aliphatic hydroxyl groups is 3. The van der Waals surface area contributed by atoms with Crippen LogP contribution in [-0.2, 0) is 4.79 Å². The fourth-order valence-corrected chi connectivity index (χ4v) is 7.18. The largest absolute Gasteiger partial charge is 0.394 e. The maximum absolute atomic E-state index is 12.4. The highest BCUT2D eigenvalue weighted by Crippen LogP contribution is 2.16. The number of carbonyl (C=O) groups excluding carboxylic acids is 1. The minimum absolute atomic E-state index is 0.00990. The van der Waals surface area contributed by atoms with E-state index in [2.05, 4.69) is 31.3 Å². The zero-order chi connectivity index (χ0) is 38.0. The predicted molar refractivity (Wildman–Crippen MR) is 227 cm³/mol. The van der Waals surface area contributed by atoms with E-state index in [1.165, 1.54) is 186 Å². The summed E-state index contributed by atoms with van der Waals surface area (Å²) in [6, 6.07) is -0.757. The Morgan fingerprint density at radius 3 is 1.23 bits per heavy atom. The van der Waals surface area contributed by atoms with Gasteiger partial charge in [0.25, 0.3) is 0 Å². The molecule has 0 heterocycles. The van der Waals surface area contributed by atoms with Crippen molar-refractivity contribution in [3.05, 3.63) is 24.3 Å². The minimum atomic E-state index is -0.948. The fraction of sp³-hybridized carbons (Fsp3) is 0.894. The van der Waals surface area contributed by atoms with Crippen molar-refractivity contribution in [2.24, 2.45) is 0 Å².